The minimum absolute atomic E-state index is 0.141. The van der Waals surface area contributed by atoms with Crippen molar-refractivity contribution in [3.63, 3.8) is 0 Å². The van der Waals surface area contributed by atoms with E-state index in [0.717, 1.165) is 12.2 Å². The molecule has 0 spiro atoms. The number of rotatable bonds is 3. The van der Waals surface area contributed by atoms with E-state index in [1.165, 1.54) is 5.56 Å². The first-order chi connectivity index (χ1) is 5.55. The summed E-state index contributed by atoms with van der Waals surface area (Å²) in [6, 6.07) is 1.99. The Labute approximate surface area is 73.8 Å². The van der Waals surface area contributed by atoms with Crippen molar-refractivity contribution in [2.45, 2.75) is 27.2 Å². The van der Waals surface area contributed by atoms with Crippen molar-refractivity contribution in [2.75, 3.05) is 6.54 Å². The predicted molar refractivity (Wildman–Crippen MR) is 50.0 cm³/mol. The first-order valence-electron chi connectivity index (χ1n) is 4.28. The molecule has 2 nitrogen and oxygen atoms in total. The highest BCUT2D eigenvalue weighted by Crippen LogP contribution is 2.22. The molecule has 12 heavy (non-hydrogen) atoms. The van der Waals surface area contributed by atoms with Crippen LogP contribution in [0.15, 0.2) is 16.7 Å². The fraction of sp³-hybridized carbons (Fsp3) is 0.600. The van der Waals surface area contributed by atoms with Crippen LogP contribution in [-0.4, -0.2) is 6.54 Å². The van der Waals surface area contributed by atoms with Crippen molar-refractivity contribution < 1.29 is 4.42 Å². The molecule has 2 N–H and O–H groups in total. The molecule has 1 rings (SSSR count). The summed E-state index contributed by atoms with van der Waals surface area (Å²) < 4.78 is 5.35. The van der Waals surface area contributed by atoms with Gasteiger partial charge in [-0.3, -0.25) is 0 Å². The molecule has 1 aromatic rings. The van der Waals surface area contributed by atoms with Crippen LogP contribution in [0.3, 0.4) is 0 Å². The third-order valence-corrected chi connectivity index (χ3v) is 2.16. The zero-order chi connectivity index (χ0) is 9.19. The number of aryl methyl sites for hydroxylation is 1. The van der Waals surface area contributed by atoms with Crippen LogP contribution in [0, 0.1) is 12.3 Å². The smallest absolute Gasteiger partial charge is 0.107 e. The Balaban J connectivity index is 2.70. The van der Waals surface area contributed by atoms with Crippen LogP contribution in [0.4, 0.5) is 0 Å². The normalized spacial score (nSPS) is 12.0. The standard InChI is InChI=1S/C10H17NO/c1-8-4-5-12-9(8)6-10(2,3)7-11/h4-5H,6-7,11H2,1-3H3. The molecular weight excluding hydrogens is 150 g/mol. The molecule has 2 heteroatoms. The fourth-order valence-corrected chi connectivity index (χ4v) is 1.09. The van der Waals surface area contributed by atoms with Crippen LogP contribution in [0.25, 0.3) is 0 Å². The first kappa shape index (κ1) is 9.33. The summed E-state index contributed by atoms with van der Waals surface area (Å²) in [5.74, 6) is 1.06. The Kier molecular flexibility index (Phi) is 2.58. The Morgan fingerprint density at radius 2 is 2.17 bits per heavy atom. The van der Waals surface area contributed by atoms with E-state index < -0.39 is 0 Å². The largest absolute Gasteiger partial charge is 0.469 e. The van der Waals surface area contributed by atoms with Crippen LogP contribution < -0.4 is 5.73 Å². The van der Waals surface area contributed by atoms with Gasteiger partial charge in [0, 0.05) is 6.42 Å². The lowest BCUT2D eigenvalue weighted by molar-refractivity contribution is 0.337. The summed E-state index contributed by atoms with van der Waals surface area (Å²) in [4.78, 5) is 0. The van der Waals surface area contributed by atoms with Gasteiger partial charge in [-0.2, -0.15) is 0 Å². The molecule has 1 heterocycles. The third kappa shape index (κ3) is 2.11. The second-order valence-electron chi connectivity index (χ2n) is 4.07. The van der Waals surface area contributed by atoms with Gasteiger partial charge in [-0.25, -0.2) is 0 Å². The van der Waals surface area contributed by atoms with Gasteiger partial charge in [0.25, 0.3) is 0 Å². The van der Waals surface area contributed by atoms with E-state index in [1.54, 1.807) is 6.26 Å². The van der Waals surface area contributed by atoms with Gasteiger partial charge in [-0.15, -0.1) is 0 Å². The highest BCUT2D eigenvalue weighted by molar-refractivity contribution is 5.15. The van der Waals surface area contributed by atoms with Crippen molar-refractivity contribution in [2.24, 2.45) is 11.1 Å². The molecule has 1 aromatic heterocycles. The maximum atomic E-state index is 5.63. The third-order valence-electron chi connectivity index (χ3n) is 2.16. The molecule has 0 unspecified atom stereocenters. The van der Waals surface area contributed by atoms with Crippen LogP contribution in [0.2, 0.25) is 0 Å². The molecule has 0 saturated heterocycles. The number of hydrogen-bond acceptors (Lipinski definition) is 2. The highest BCUT2D eigenvalue weighted by Gasteiger charge is 2.18. The second kappa shape index (κ2) is 3.31. The van der Waals surface area contributed by atoms with Gasteiger partial charge in [0.2, 0.25) is 0 Å². The van der Waals surface area contributed by atoms with E-state index in [4.69, 9.17) is 10.2 Å². The van der Waals surface area contributed by atoms with Crippen LogP contribution in [0.5, 0.6) is 0 Å². The zero-order valence-corrected chi connectivity index (χ0v) is 8.05. The molecule has 0 fully saturated rings. The van der Waals surface area contributed by atoms with Crippen LogP contribution >= 0.6 is 0 Å². The topological polar surface area (TPSA) is 39.2 Å². The van der Waals surface area contributed by atoms with Gasteiger partial charge in [0.15, 0.2) is 0 Å². The molecular formula is C10H17NO. The molecule has 0 aliphatic rings. The molecule has 68 valence electrons. The lowest BCUT2D eigenvalue weighted by atomic mass is 9.88. The maximum Gasteiger partial charge on any atom is 0.107 e. The number of furan rings is 1. The molecule has 0 bridgehead atoms. The lowest BCUT2D eigenvalue weighted by Crippen LogP contribution is -2.25. The minimum atomic E-state index is 0.141. The number of nitrogens with two attached hydrogens (primary N) is 1. The highest BCUT2D eigenvalue weighted by atomic mass is 16.3. The zero-order valence-electron chi connectivity index (χ0n) is 8.05. The van der Waals surface area contributed by atoms with Crippen LogP contribution in [-0.2, 0) is 6.42 Å². The van der Waals surface area contributed by atoms with Crippen molar-refractivity contribution >= 4 is 0 Å². The van der Waals surface area contributed by atoms with E-state index in [9.17, 15) is 0 Å². The van der Waals surface area contributed by atoms with E-state index in [2.05, 4.69) is 20.8 Å². The van der Waals surface area contributed by atoms with Gasteiger partial charge >= 0.3 is 0 Å². The predicted octanol–water partition coefficient (Wildman–Crippen LogP) is 2.12. The maximum absolute atomic E-state index is 5.63. The van der Waals surface area contributed by atoms with E-state index in [0.29, 0.717) is 6.54 Å². The molecule has 0 saturated carbocycles. The van der Waals surface area contributed by atoms with Gasteiger partial charge in [0.05, 0.1) is 6.26 Å². The molecule has 0 aliphatic heterocycles. The van der Waals surface area contributed by atoms with Crippen molar-refractivity contribution in [1.29, 1.82) is 0 Å². The van der Waals surface area contributed by atoms with Gasteiger partial charge in [-0.05, 0) is 30.5 Å². The molecule has 0 aliphatic carbocycles. The lowest BCUT2D eigenvalue weighted by Gasteiger charge is -2.20. The fourth-order valence-electron chi connectivity index (χ4n) is 1.09. The summed E-state index contributed by atoms with van der Waals surface area (Å²) in [5, 5.41) is 0. The average molecular weight is 167 g/mol. The Hall–Kier alpha value is -0.760. The molecule has 0 radical (unpaired) electrons. The minimum Gasteiger partial charge on any atom is -0.469 e. The van der Waals surface area contributed by atoms with Crippen molar-refractivity contribution in [1.82, 2.24) is 0 Å². The number of hydrogen-bond donors (Lipinski definition) is 1. The van der Waals surface area contributed by atoms with Crippen LogP contribution in [0.1, 0.15) is 25.2 Å². The average Bonchev–Trinajstić information content (AvgIpc) is 2.36. The Morgan fingerprint density at radius 1 is 1.50 bits per heavy atom. The molecule has 0 amide bonds. The SMILES string of the molecule is Cc1ccoc1CC(C)(C)CN. The van der Waals surface area contributed by atoms with E-state index in [1.807, 2.05) is 6.07 Å². The summed E-state index contributed by atoms with van der Waals surface area (Å²) in [6.07, 6.45) is 2.65. The summed E-state index contributed by atoms with van der Waals surface area (Å²) >= 11 is 0. The summed E-state index contributed by atoms with van der Waals surface area (Å²) in [7, 11) is 0. The first-order valence-corrected chi connectivity index (χ1v) is 4.28. The van der Waals surface area contributed by atoms with Gasteiger partial charge < -0.3 is 10.2 Å². The van der Waals surface area contributed by atoms with Gasteiger partial charge in [-0.1, -0.05) is 13.8 Å². The summed E-state index contributed by atoms with van der Waals surface area (Å²) in [6.45, 7) is 7.04. The van der Waals surface area contributed by atoms with E-state index in [-0.39, 0.29) is 5.41 Å². The van der Waals surface area contributed by atoms with Crippen molar-refractivity contribution in [3.05, 3.63) is 23.7 Å². The molecule has 0 atom stereocenters. The van der Waals surface area contributed by atoms with E-state index >= 15 is 0 Å². The quantitative estimate of drug-likeness (QED) is 0.749. The molecule has 0 aromatic carbocycles. The van der Waals surface area contributed by atoms with Gasteiger partial charge in [0.1, 0.15) is 5.76 Å². The summed E-state index contributed by atoms with van der Waals surface area (Å²) in [5.41, 5.74) is 6.99. The Morgan fingerprint density at radius 3 is 2.58 bits per heavy atom. The monoisotopic (exact) mass is 167 g/mol. The van der Waals surface area contributed by atoms with Crippen molar-refractivity contribution in [3.8, 4) is 0 Å². The Bertz CT molecular complexity index is 250. The second-order valence-corrected chi connectivity index (χ2v) is 4.07.